The average Bonchev–Trinajstić information content (AvgIpc) is 3.35. The lowest BCUT2D eigenvalue weighted by atomic mass is 10.2. The lowest BCUT2D eigenvalue weighted by molar-refractivity contribution is -0.432. The molecule has 13 nitrogen and oxygen atoms in total. The number of aliphatic hydroxyl groups excluding tert-OH is 1. The lowest BCUT2D eigenvalue weighted by Crippen LogP contribution is -2.15. The molecule has 0 radical (unpaired) electrons. The van der Waals surface area contributed by atoms with E-state index in [1.807, 2.05) is 0 Å². The number of anilines is 1. The van der Waals surface area contributed by atoms with E-state index in [4.69, 9.17) is 9.99 Å². The van der Waals surface area contributed by atoms with Gasteiger partial charge in [0, 0.05) is 5.56 Å². The van der Waals surface area contributed by atoms with Crippen molar-refractivity contribution in [3.8, 4) is 16.3 Å². The standard InChI is InChI=1S/C25H22N4O9S3/c1-13-8-10-18-22(23(13)41(33,34)35)39-25(27-18)15-9-11-17(20(12-15)40-38-37-32)28-29-21(14(2)30)24(31)26-16-6-4-5-7-19(16)36-3/h4-12,30,32H,1-3H3,(H,26,31)(H,33,34,35)/b21-14+,29-28?. The molecule has 0 atom stereocenters. The molecule has 0 bridgehead atoms. The van der Waals surface area contributed by atoms with Gasteiger partial charge in [0.1, 0.15) is 27.1 Å². The molecular formula is C25H22N4O9S3. The van der Waals surface area contributed by atoms with Gasteiger partial charge in [-0.1, -0.05) is 23.2 Å². The Labute approximate surface area is 241 Å². The van der Waals surface area contributed by atoms with Gasteiger partial charge in [0.15, 0.2) is 5.70 Å². The minimum Gasteiger partial charge on any atom is -0.510 e. The number of carbonyl (C=O) groups is 1. The van der Waals surface area contributed by atoms with Crippen molar-refractivity contribution in [2.24, 2.45) is 10.2 Å². The molecule has 3 aromatic carbocycles. The number of aromatic nitrogens is 1. The van der Waals surface area contributed by atoms with E-state index in [1.165, 1.54) is 20.1 Å². The summed E-state index contributed by atoms with van der Waals surface area (Å²) in [4.78, 5) is 17.4. The Hall–Kier alpha value is -3.90. The van der Waals surface area contributed by atoms with Crippen LogP contribution in [-0.4, -0.2) is 41.3 Å². The van der Waals surface area contributed by atoms with Crippen LogP contribution >= 0.6 is 23.4 Å². The first-order valence-corrected chi connectivity index (χ1v) is 14.5. The van der Waals surface area contributed by atoms with Crippen molar-refractivity contribution in [3.05, 3.63) is 71.6 Å². The first kappa shape index (κ1) is 30.1. The van der Waals surface area contributed by atoms with E-state index in [0.717, 1.165) is 11.3 Å². The molecule has 0 fully saturated rings. The summed E-state index contributed by atoms with van der Waals surface area (Å²) in [6.07, 6.45) is 0. The summed E-state index contributed by atoms with van der Waals surface area (Å²) in [5.41, 5.74) is 1.38. The predicted octanol–water partition coefficient (Wildman–Crippen LogP) is 6.47. The van der Waals surface area contributed by atoms with Crippen molar-refractivity contribution in [2.45, 2.75) is 23.6 Å². The van der Waals surface area contributed by atoms with Crippen LogP contribution in [0.25, 0.3) is 20.8 Å². The summed E-state index contributed by atoms with van der Waals surface area (Å²) >= 11 is 1.62. The summed E-state index contributed by atoms with van der Waals surface area (Å²) in [5.74, 6) is -0.753. The van der Waals surface area contributed by atoms with Gasteiger partial charge in [0.2, 0.25) is 0 Å². The minimum atomic E-state index is -4.50. The SMILES string of the molecule is COc1ccccc1NC(=O)/C(N=Nc1ccc(-c2nc3ccc(C)c(S(=O)(=O)O)c3s2)cc1SOOO)=C(/C)O. The molecule has 1 aromatic heterocycles. The van der Waals surface area contributed by atoms with Crippen LogP contribution in [0.4, 0.5) is 11.4 Å². The number of fused-ring (bicyclic) bond motifs is 1. The maximum Gasteiger partial charge on any atom is 0.296 e. The third-order valence-corrected chi connectivity index (χ3v) is 8.44. The number of ether oxygens (including phenoxy) is 1. The minimum absolute atomic E-state index is 0.162. The van der Waals surface area contributed by atoms with Crippen molar-refractivity contribution in [1.82, 2.24) is 4.98 Å². The Morgan fingerprint density at radius 1 is 1.15 bits per heavy atom. The number of hydrogen-bond donors (Lipinski definition) is 4. The maximum absolute atomic E-state index is 12.9. The van der Waals surface area contributed by atoms with Crippen LogP contribution in [0.1, 0.15) is 12.5 Å². The molecule has 1 amide bonds. The molecular weight excluding hydrogens is 596 g/mol. The van der Waals surface area contributed by atoms with E-state index in [1.54, 1.807) is 55.5 Å². The molecule has 0 aliphatic heterocycles. The molecule has 214 valence electrons. The van der Waals surface area contributed by atoms with E-state index in [0.29, 0.717) is 45.1 Å². The molecule has 41 heavy (non-hydrogen) atoms. The van der Waals surface area contributed by atoms with Crippen LogP contribution < -0.4 is 10.1 Å². The molecule has 0 spiro atoms. The van der Waals surface area contributed by atoms with Gasteiger partial charge in [-0.15, -0.1) is 25.9 Å². The number of nitrogens with one attached hydrogen (secondary N) is 1. The van der Waals surface area contributed by atoms with Crippen molar-refractivity contribution < 1.29 is 42.2 Å². The van der Waals surface area contributed by atoms with Crippen LogP contribution in [0, 0.1) is 6.92 Å². The Bertz CT molecular complexity index is 1780. The summed E-state index contributed by atoms with van der Waals surface area (Å²) in [6, 6.07) is 14.5. The predicted molar refractivity (Wildman–Crippen MR) is 152 cm³/mol. The van der Waals surface area contributed by atoms with Gasteiger partial charge in [-0.2, -0.15) is 8.42 Å². The van der Waals surface area contributed by atoms with Gasteiger partial charge in [0.05, 0.1) is 40.0 Å². The molecule has 16 heteroatoms. The van der Waals surface area contributed by atoms with Crippen LogP contribution in [0.15, 0.2) is 86.1 Å². The Balaban J connectivity index is 1.69. The average molecular weight is 619 g/mol. The number of para-hydroxylation sites is 2. The molecule has 4 aromatic rings. The fraction of sp³-hybridized carbons (Fsp3) is 0.120. The Morgan fingerprint density at radius 3 is 2.59 bits per heavy atom. The summed E-state index contributed by atoms with van der Waals surface area (Å²) in [5, 5.41) is 33.5. The fourth-order valence-corrected chi connectivity index (χ4v) is 6.46. The lowest BCUT2D eigenvalue weighted by Gasteiger charge is -2.10. The molecule has 4 rings (SSSR count). The number of rotatable bonds is 10. The molecule has 0 unspecified atom stereocenters. The van der Waals surface area contributed by atoms with Gasteiger partial charge < -0.3 is 15.2 Å². The van der Waals surface area contributed by atoms with Crippen LogP contribution in [0.3, 0.4) is 0 Å². The highest BCUT2D eigenvalue weighted by atomic mass is 32.2. The third kappa shape index (κ3) is 6.88. The number of hydrogen-bond acceptors (Lipinski definition) is 13. The highest BCUT2D eigenvalue weighted by molar-refractivity contribution is 7.94. The first-order valence-electron chi connectivity index (χ1n) is 11.5. The molecule has 0 aliphatic rings. The molecule has 1 heterocycles. The van der Waals surface area contributed by atoms with Gasteiger partial charge in [-0.25, -0.2) is 10.2 Å². The number of nitrogens with zero attached hydrogens (tertiary/aromatic N) is 3. The first-order chi connectivity index (χ1) is 19.5. The van der Waals surface area contributed by atoms with E-state index < -0.39 is 21.8 Å². The zero-order valence-electron chi connectivity index (χ0n) is 21.6. The Kier molecular flexibility index (Phi) is 9.34. The van der Waals surface area contributed by atoms with Crippen molar-refractivity contribution in [1.29, 1.82) is 0 Å². The van der Waals surface area contributed by atoms with Gasteiger partial charge in [-0.05, 0) is 55.8 Å². The number of carbonyl (C=O) groups excluding carboxylic acids is 1. The third-order valence-electron chi connectivity index (χ3n) is 5.50. The normalized spacial score (nSPS) is 12.5. The van der Waals surface area contributed by atoms with Crippen LogP contribution in [0.5, 0.6) is 5.75 Å². The van der Waals surface area contributed by atoms with Gasteiger partial charge in [0.25, 0.3) is 16.0 Å². The number of methoxy groups -OCH3 is 1. The smallest absolute Gasteiger partial charge is 0.296 e. The monoisotopic (exact) mass is 618 g/mol. The number of amides is 1. The largest absolute Gasteiger partial charge is 0.510 e. The Morgan fingerprint density at radius 2 is 1.90 bits per heavy atom. The van der Waals surface area contributed by atoms with Crippen molar-refractivity contribution in [3.63, 3.8) is 0 Å². The maximum atomic E-state index is 12.9. The van der Waals surface area contributed by atoms with E-state index >= 15 is 0 Å². The second-order valence-corrected chi connectivity index (χ2v) is 11.4. The molecule has 4 N–H and O–H groups in total. The summed E-state index contributed by atoms with van der Waals surface area (Å²) in [7, 11) is -3.05. The summed E-state index contributed by atoms with van der Waals surface area (Å²) in [6.45, 7) is 2.84. The van der Waals surface area contributed by atoms with E-state index in [-0.39, 0.29) is 25.9 Å². The number of thiazole rings is 1. The topological polar surface area (TPSA) is 189 Å². The van der Waals surface area contributed by atoms with Gasteiger partial charge in [-0.3, -0.25) is 9.35 Å². The van der Waals surface area contributed by atoms with E-state index in [2.05, 4.69) is 29.9 Å². The second kappa shape index (κ2) is 12.7. The molecule has 0 saturated heterocycles. The molecule has 0 aliphatic carbocycles. The highest BCUT2D eigenvalue weighted by Crippen LogP contribution is 2.39. The quantitative estimate of drug-likeness (QED) is 0.0290. The number of benzene rings is 3. The van der Waals surface area contributed by atoms with Crippen LogP contribution in [0.2, 0.25) is 0 Å². The highest BCUT2D eigenvalue weighted by Gasteiger charge is 2.21. The number of aliphatic hydroxyl groups is 1. The number of allylic oxidation sites excluding steroid dienone is 1. The number of aryl methyl sites for hydroxylation is 1. The zero-order valence-corrected chi connectivity index (χ0v) is 24.0. The summed E-state index contributed by atoms with van der Waals surface area (Å²) < 4.78 is 43.8. The van der Waals surface area contributed by atoms with Crippen molar-refractivity contribution >= 4 is 61.0 Å². The fourth-order valence-electron chi connectivity index (χ4n) is 3.67. The van der Waals surface area contributed by atoms with E-state index in [9.17, 15) is 22.9 Å². The zero-order chi connectivity index (χ0) is 29.7. The second-order valence-electron chi connectivity index (χ2n) is 8.25. The van der Waals surface area contributed by atoms with Gasteiger partial charge >= 0.3 is 0 Å². The number of azo groups is 1. The van der Waals surface area contributed by atoms with Crippen LogP contribution in [-0.2, 0) is 24.3 Å². The van der Waals surface area contributed by atoms with Crippen molar-refractivity contribution in [2.75, 3.05) is 12.4 Å². The molecule has 0 saturated carbocycles.